The maximum Gasteiger partial charge on any atom is 0.417 e. The van der Waals surface area contributed by atoms with Crippen molar-refractivity contribution in [2.24, 2.45) is 5.73 Å². The standard InChI is InChI=1S/C9H5F4NO2/c10-6-2-1-4(8(14)16)7(5(6)3-15)9(11,12)13/h1-3H,(H2,14,16). The maximum atomic E-state index is 12.9. The van der Waals surface area contributed by atoms with E-state index in [0.717, 1.165) is 0 Å². The van der Waals surface area contributed by atoms with E-state index in [1.54, 1.807) is 0 Å². The summed E-state index contributed by atoms with van der Waals surface area (Å²) in [4.78, 5) is 21.1. The van der Waals surface area contributed by atoms with Gasteiger partial charge in [-0.05, 0) is 12.1 Å². The third-order valence-electron chi connectivity index (χ3n) is 1.86. The van der Waals surface area contributed by atoms with Gasteiger partial charge < -0.3 is 5.73 Å². The highest BCUT2D eigenvalue weighted by Gasteiger charge is 2.38. The number of alkyl halides is 3. The third kappa shape index (κ3) is 2.02. The minimum absolute atomic E-state index is 0.301. The second-order valence-corrected chi connectivity index (χ2v) is 2.86. The molecule has 0 aromatic heterocycles. The molecule has 0 heterocycles. The first-order valence-corrected chi connectivity index (χ1v) is 3.93. The molecule has 1 aromatic carbocycles. The van der Waals surface area contributed by atoms with Crippen molar-refractivity contribution in [2.75, 3.05) is 0 Å². The van der Waals surface area contributed by atoms with Gasteiger partial charge in [-0.3, -0.25) is 9.59 Å². The number of carbonyl (C=O) groups excluding carboxylic acids is 2. The highest BCUT2D eigenvalue weighted by molar-refractivity contribution is 5.97. The molecular weight excluding hydrogens is 230 g/mol. The lowest BCUT2D eigenvalue weighted by molar-refractivity contribution is -0.138. The molecule has 86 valence electrons. The first kappa shape index (κ1) is 12.2. The SMILES string of the molecule is NC(=O)c1ccc(F)c(C=O)c1C(F)(F)F. The van der Waals surface area contributed by atoms with Crippen LogP contribution in [0.5, 0.6) is 0 Å². The van der Waals surface area contributed by atoms with E-state index in [9.17, 15) is 27.2 Å². The molecule has 3 nitrogen and oxygen atoms in total. The van der Waals surface area contributed by atoms with Crippen LogP contribution in [0.3, 0.4) is 0 Å². The van der Waals surface area contributed by atoms with Crippen molar-refractivity contribution >= 4 is 12.2 Å². The fourth-order valence-corrected chi connectivity index (χ4v) is 1.22. The van der Waals surface area contributed by atoms with Crippen LogP contribution in [0.1, 0.15) is 26.3 Å². The van der Waals surface area contributed by atoms with Crippen molar-refractivity contribution in [3.8, 4) is 0 Å². The van der Waals surface area contributed by atoms with Gasteiger partial charge in [0.2, 0.25) is 5.91 Å². The van der Waals surface area contributed by atoms with Crippen LogP contribution in [0.2, 0.25) is 0 Å². The molecule has 0 aliphatic rings. The van der Waals surface area contributed by atoms with Crippen molar-refractivity contribution in [1.82, 2.24) is 0 Å². The van der Waals surface area contributed by atoms with E-state index in [1.807, 2.05) is 0 Å². The zero-order chi connectivity index (χ0) is 12.5. The molecule has 0 unspecified atom stereocenters. The number of nitrogens with two attached hydrogens (primary N) is 1. The summed E-state index contributed by atoms with van der Waals surface area (Å²) in [5, 5.41) is 0. The first-order chi connectivity index (χ1) is 7.29. The molecule has 2 N–H and O–H groups in total. The summed E-state index contributed by atoms with van der Waals surface area (Å²) in [5.74, 6) is -2.73. The average Bonchev–Trinajstić information content (AvgIpc) is 2.15. The Hall–Kier alpha value is -1.92. The zero-order valence-electron chi connectivity index (χ0n) is 7.64. The molecule has 0 saturated carbocycles. The summed E-state index contributed by atoms with van der Waals surface area (Å²) >= 11 is 0. The molecule has 7 heteroatoms. The Bertz CT molecular complexity index is 454. The smallest absolute Gasteiger partial charge is 0.366 e. The molecule has 0 atom stereocenters. The Balaban J connectivity index is 3.67. The fraction of sp³-hybridized carbons (Fsp3) is 0.111. The van der Waals surface area contributed by atoms with Gasteiger partial charge in [0.15, 0.2) is 6.29 Å². The van der Waals surface area contributed by atoms with Crippen LogP contribution in [0.4, 0.5) is 17.6 Å². The van der Waals surface area contributed by atoms with E-state index in [0.29, 0.717) is 12.1 Å². The van der Waals surface area contributed by atoms with Gasteiger partial charge in [-0.15, -0.1) is 0 Å². The van der Waals surface area contributed by atoms with Crippen molar-refractivity contribution in [3.05, 3.63) is 34.6 Å². The molecule has 0 spiro atoms. The minimum atomic E-state index is -5.03. The molecule has 0 aliphatic heterocycles. The highest BCUT2D eigenvalue weighted by atomic mass is 19.4. The van der Waals surface area contributed by atoms with Crippen LogP contribution in [0.25, 0.3) is 0 Å². The topological polar surface area (TPSA) is 60.2 Å². The van der Waals surface area contributed by atoms with E-state index in [-0.39, 0.29) is 6.29 Å². The normalized spacial score (nSPS) is 11.2. The number of carbonyl (C=O) groups is 2. The van der Waals surface area contributed by atoms with Crippen LogP contribution in [0.15, 0.2) is 12.1 Å². The van der Waals surface area contributed by atoms with Gasteiger partial charge >= 0.3 is 6.18 Å². The fourth-order valence-electron chi connectivity index (χ4n) is 1.22. The quantitative estimate of drug-likeness (QED) is 0.627. The molecular formula is C9H5F4NO2. The van der Waals surface area contributed by atoms with Gasteiger partial charge in [0, 0.05) is 0 Å². The Kier molecular flexibility index (Phi) is 2.97. The second kappa shape index (κ2) is 3.92. The Morgan fingerprint density at radius 1 is 1.31 bits per heavy atom. The van der Waals surface area contributed by atoms with Gasteiger partial charge in [-0.25, -0.2) is 4.39 Å². The number of amides is 1. The molecule has 16 heavy (non-hydrogen) atoms. The molecule has 0 bridgehead atoms. The van der Waals surface area contributed by atoms with Gasteiger partial charge in [-0.2, -0.15) is 13.2 Å². The van der Waals surface area contributed by atoms with Crippen molar-refractivity contribution < 1.29 is 27.2 Å². The highest BCUT2D eigenvalue weighted by Crippen LogP contribution is 2.35. The van der Waals surface area contributed by atoms with Crippen LogP contribution in [0, 0.1) is 5.82 Å². The summed E-state index contributed by atoms with van der Waals surface area (Å²) in [6.07, 6.45) is -5.33. The Labute approximate surface area is 86.9 Å². The molecule has 0 aliphatic carbocycles. The van der Waals surface area contributed by atoms with Gasteiger partial charge in [0.05, 0.1) is 16.7 Å². The third-order valence-corrected chi connectivity index (χ3v) is 1.86. The lowest BCUT2D eigenvalue weighted by Crippen LogP contribution is -2.21. The van der Waals surface area contributed by atoms with E-state index >= 15 is 0 Å². The molecule has 1 rings (SSSR count). The van der Waals surface area contributed by atoms with Crippen molar-refractivity contribution in [2.45, 2.75) is 6.18 Å². The maximum absolute atomic E-state index is 12.9. The summed E-state index contributed by atoms with van der Waals surface area (Å²) in [5.41, 5.74) is 0.911. The largest absolute Gasteiger partial charge is 0.417 e. The lowest BCUT2D eigenvalue weighted by atomic mass is 10.00. The second-order valence-electron chi connectivity index (χ2n) is 2.86. The summed E-state index contributed by atoms with van der Waals surface area (Å²) < 4.78 is 50.4. The Morgan fingerprint density at radius 3 is 2.25 bits per heavy atom. The molecule has 0 radical (unpaired) electrons. The summed E-state index contributed by atoms with van der Waals surface area (Å²) in [7, 11) is 0. The monoisotopic (exact) mass is 235 g/mol. The van der Waals surface area contributed by atoms with Crippen molar-refractivity contribution in [1.29, 1.82) is 0 Å². The lowest BCUT2D eigenvalue weighted by Gasteiger charge is -2.13. The number of hydrogen-bond acceptors (Lipinski definition) is 2. The number of aldehydes is 1. The number of benzene rings is 1. The molecule has 0 saturated heterocycles. The van der Waals surface area contributed by atoms with E-state index in [2.05, 4.69) is 0 Å². The van der Waals surface area contributed by atoms with Crippen LogP contribution in [-0.4, -0.2) is 12.2 Å². The Morgan fingerprint density at radius 2 is 1.88 bits per heavy atom. The summed E-state index contributed by atoms with van der Waals surface area (Å²) in [6.45, 7) is 0. The number of halogens is 4. The minimum Gasteiger partial charge on any atom is -0.366 e. The van der Waals surface area contributed by atoms with Gasteiger partial charge in [0.1, 0.15) is 5.82 Å². The van der Waals surface area contributed by atoms with Crippen molar-refractivity contribution in [3.63, 3.8) is 0 Å². The van der Waals surface area contributed by atoms with Crippen LogP contribution >= 0.6 is 0 Å². The van der Waals surface area contributed by atoms with Gasteiger partial charge in [0.25, 0.3) is 0 Å². The van der Waals surface area contributed by atoms with E-state index in [4.69, 9.17) is 5.73 Å². The molecule has 1 aromatic rings. The van der Waals surface area contributed by atoms with Gasteiger partial charge in [-0.1, -0.05) is 0 Å². The molecule has 1 amide bonds. The number of primary amides is 1. The predicted octanol–water partition coefficient (Wildman–Crippen LogP) is 1.76. The average molecular weight is 235 g/mol. The zero-order valence-corrected chi connectivity index (χ0v) is 7.64. The van der Waals surface area contributed by atoms with Crippen LogP contribution in [-0.2, 0) is 6.18 Å². The van der Waals surface area contributed by atoms with E-state index < -0.39 is 34.6 Å². The van der Waals surface area contributed by atoms with E-state index in [1.165, 1.54) is 0 Å². The summed E-state index contributed by atoms with van der Waals surface area (Å²) in [6, 6.07) is 1.17. The predicted molar refractivity (Wildman–Crippen MR) is 45.3 cm³/mol. The first-order valence-electron chi connectivity index (χ1n) is 3.93. The number of rotatable bonds is 2. The van der Waals surface area contributed by atoms with Crippen LogP contribution < -0.4 is 5.73 Å². The number of hydrogen-bond donors (Lipinski definition) is 1. The molecule has 0 fully saturated rings.